The standard InChI is InChI=1S/C19H13N5OS2/c1-25-17-5-2-11(8-20-17)16-7-13-18(21-9-22-19(13)27-16)24-12-3-4-15-14(6-12)23-10-26-15/h2-10H,1H3,(H,21,22,24). The van der Waals surface area contributed by atoms with E-state index in [1.54, 1.807) is 42.3 Å². The molecule has 1 aromatic carbocycles. The van der Waals surface area contributed by atoms with Crippen molar-refractivity contribution in [2.45, 2.75) is 0 Å². The molecule has 4 aromatic heterocycles. The molecular weight excluding hydrogens is 378 g/mol. The summed E-state index contributed by atoms with van der Waals surface area (Å²) in [5.74, 6) is 1.37. The van der Waals surface area contributed by atoms with Crippen LogP contribution in [0.15, 0.2) is 54.4 Å². The number of thiazole rings is 1. The summed E-state index contributed by atoms with van der Waals surface area (Å²) < 4.78 is 6.29. The minimum atomic E-state index is 0.597. The van der Waals surface area contributed by atoms with Crippen LogP contribution in [0, 0.1) is 0 Å². The minimum Gasteiger partial charge on any atom is -0.481 e. The molecule has 0 radical (unpaired) electrons. The molecule has 0 unspecified atom stereocenters. The molecule has 0 bridgehead atoms. The van der Waals surface area contributed by atoms with Crippen molar-refractivity contribution in [1.29, 1.82) is 0 Å². The van der Waals surface area contributed by atoms with E-state index in [1.165, 1.54) is 4.70 Å². The summed E-state index contributed by atoms with van der Waals surface area (Å²) in [4.78, 5) is 19.5. The first-order chi connectivity index (χ1) is 13.3. The van der Waals surface area contributed by atoms with E-state index in [9.17, 15) is 0 Å². The predicted octanol–water partition coefficient (Wildman–Crippen LogP) is 5.12. The molecule has 132 valence electrons. The molecule has 0 saturated heterocycles. The molecule has 6 nitrogen and oxygen atoms in total. The third-order valence-corrected chi connectivity index (χ3v) is 6.05. The van der Waals surface area contributed by atoms with Gasteiger partial charge in [0, 0.05) is 28.4 Å². The van der Waals surface area contributed by atoms with Gasteiger partial charge in [0.1, 0.15) is 17.0 Å². The summed E-state index contributed by atoms with van der Waals surface area (Å²) >= 11 is 3.24. The highest BCUT2D eigenvalue weighted by atomic mass is 32.1. The second-order valence-corrected chi connectivity index (χ2v) is 7.72. The van der Waals surface area contributed by atoms with E-state index in [0.29, 0.717) is 5.88 Å². The molecule has 0 spiro atoms. The number of aromatic nitrogens is 4. The Balaban J connectivity index is 1.53. The van der Waals surface area contributed by atoms with Crippen molar-refractivity contribution in [3.63, 3.8) is 0 Å². The van der Waals surface area contributed by atoms with Gasteiger partial charge in [0.15, 0.2) is 0 Å². The van der Waals surface area contributed by atoms with Gasteiger partial charge in [-0.15, -0.1) is 22.7 Å². The fraction of sp³-hybridized carbons (Fsp3) is 0.0526. The highest BCUT2D eigenvalue weighted by Crippen LogP contribution is 2.36. The van der Waals surface area contributed by atoms with Crippen molar-refractivity contribution < 1.29 is 4.74 Å². The molecule has 0 aliphatic heterocycles. The molecule has 5 rings (SSSR count). The summed E-state index contributed by atoms with van der Waals surface area (Å²) in [6.07, 6.45) is 3.39. The summed E-state index contributed by atoms with van der Waals surface area (Å²) in [5, 5.41) is 4.37. The number of ether oxygens (including phenoxy) is 1. The lowest BCUT2D eigenvalue weighted by Crippen LogP contribution is -1.94. The number of hydrogen-bond acceptors (Lipinski definition) is 8. The van der Waals surface area contributed by atoms with Crippen molar-refractivity contribution in [3.05, 3.63) is 54.4 Å². The van der Waals surface area contributed by atoms with E-state index < -0.39 is 0 Å². The number of pyridine rings is 1. The van der Waals surface area contributed by atoms with Crippen LogP contribution in [0.3, 0.4) is 0 Å². The van der Waals surface area contributed by atoms with Crippen LogP contribution in [0.5, 0.6) is 5.88 Å². The molecule has 1 N–H and O–H groups in total. The topological polar surface area (TPSA) is 72.8 Å². The van der Waals surface area contributed by atoms with Crippen LogP contribution in [0.1, 0.15) is 0 Å². The first kappa shape index (κ1) is 16.1. The van der Waals surface area contributed by atoms with Gasteiger partial charge in [0.05, 0.1) is 28.2 Å². The van der Waals surface area contributed by atoms with E-state index in [4.69, 9.17) is 4.74 Å². The Morgan fingerprint density at radius 1 is 1.00 bits per heavy atom. The van der Waals surface area contributed by atoms with Crippen molar-refractivity contribution >= 4 is 54.6 Å². The first-order valence-corrected chi connectivity index (χ1v) is 9.85. The molecule has 0 amide bonds. The third-order valence-electron chi connectivity index (χ3n) is 4.15. The maximum atomic E-state index is 5.13. The van der Waals surface area contributed by atoms with E-state index in [2.05, 4.69) is 37.4 Å². The second-order valence-electron chi connectivity index (χ2n) is 5.80. The van der Waals surface area contributed by atoms with Gasteiger partial charge in [-0.1, -0.05) is 0 Å². The number of rotatable bonds is 4. The Bertz CT molecular complexity index is 1250. The van der Waals surface area contributed by atoms with Gasteiger partial charge in [0.2, 0.25) is 5.88 Å². The van der Waals surface area contributed by atoms with Crippen LogP contribution >= 0.6 is 22.7 Å². The van der Waals surface area contributed by atoms with E-state index in [1.807, 2.05) is 29.8 Å². The predicted molar refractivity (Wildman–Crippen MR) is 110 cm³/mol. The summed E-state index contributed by atoms with van der Waals surface area (Å²) in [6, 6.07) is 12.1. The second kappa shape index (κ2) is 6.57. The molecule has 0 saturated carbocycles. The smallest absolute Gasteiger partial charge is 0.212 e. The van der Waals surface area contributed by atoms with Crippen molar-refractivity contribution in [1.82, 2.24) is 19.9 Å². The van der Waals surface area contributed by atoms with Crippen molar-refractivity contribution in [3.8, 4) is 16.3 Å². The number of thiophene rings is 1. The molecule has 0 aliphatic rings. The lowest BCUT2D eigenvalue weighted by molar-refractivity contribution is 0.398. The Kier molecular flexibility index (Phi) is 3.92. The normalized spacial score (nSPS) is 11.1. The monoisotopic (exact) mass is 391 g/mol. The Morgan fingerprint density at radius 3 is 2.81 bits per heavy atom. The fourth-order valence-electron chi connectivity index (χ4n) is 2.82. The van der Waals surface area contributed by atoms with Gasteiger partial charge in [-0.05, 0) is 30.3 Å². The average molecular weight is 391 g/mol. The number of methoxy groups -OCH3 is 1. The molecule has 0 atom stereocenters. The minimum absolute atomic E-state index is 0.597. The van der Waals surface area contributed by atoms with Crippen LogP contribution in [-0.4, -0.2) is 27.0 Å². The molecule has 5 aromatic rings. The highest BCUT2D eigenvalue weighted by molar-refractivity contribution is 7.21. The van der Waals surface area contributed by atoms with Gasteiger partial charge in [0.25, 0.3) is 0 Å². The van der Waals surface area contributed by atoms with E-state index in [0.717, 1.165) is 37.7 Å². The lowest BCUT2D eigenvalue weighted by Gasteiger charge is -2.06. The van der Waals surface area contributed by atoms with Gasteiger partial charge in [-0.25, -0.2) is 19.9 Å². The fourth-order valence-corrected chi connectivity index (χ4v) is 4.46. The number of nitrogens with one attached hydrogen (secondary N) is 1. The Labute approximate surface area is 162 Å². The molecule has 0 aliphatic carbocycles. The zero-order valence-corrected chi connectivity index (χ0v) is 15.8. The number of nitrogens with zero attached hydrogens (tertiary/aromatic N) is 4. The van der Waals surface area contributed by atoms with Gasteiger partial charge >= 0.3 is 0 Å². The Hall–Kier alpha value is -3.10. The maximum absolute atomic E-state index is 5.13. The number of anilines is 2. The zero-order chi connectivity index (χ0) is 18.2. The van der Waals surface area contributed by atoms with Crippen LogP contribution in [-0.2, 0) is 0 Å². The summed E-state index contributed by atoms with van der Waals surface area (Å²) in [6.45, 7) is 0. The number of fused-ring (bicyclic) bond motifs is 2. The molecular formula is C19H13N5OS2. The highest BCUT2D eigenvalue weighted by Gasteiger charge is 2.11. The van der Waals surface area contributed by atoms with Crippen LogP contribution < -0.4 is 10.1 Å². The van der Waals surface area contributed by atoms with Crippen LogP contribution in [0.2, 0.25) is 0 Å². The van der Waals surface area contributed by atoms with Crippen LogP contribution in [0.4, 0.5) is 11.5 Å². The molecule has 8 heteroatoms. The maximum Gasteiger partial charge on any atom is 0.212 e. The zero-order valence-electron chi connectivity index (χ0n) is 14.2. The van der Waals surface area contributed by atoms with E-state index in [-0.39, 0.29) is 0 Å². The van der Waals surface area contributed by atoms with E-state index >= 15 is 0 Å². The van der Waals surface area contributed by atoms with Gasteiger partial charge in [-0.2, -0.15) is 0 Å². The molecule has 0 fully saturated rings. The van der Waals surface area contributed by atoms with Gasteiger partial charge < -0.3 is 10.1 Å². The van der Waals surface area contributed by atoms with Gasteiger partial charge in [-0.3, -0.25) is 0 Å². The molecule has 4 heterocycles. The quantitative estimate of drug-likeness (QED) is 0.459. The summed E-state index contributed by atoms with van der Waals surface area (Å²) in [5.41, 5.74) is 4.80. The van der Waals surface area contributed by atoms with Crippen LogP contribution in [0.25, 0.3) is 30.9 Å². The SMILES string of the molecule is COc1ccc(-c2cc3c(Nc4ccc5scnc5c4)ncnc3s2)cn1. The first-order valence-electron chi connectivity index (χ1n) is 8.15. The number of benzene rings is 1. The lowest BCUT2D eigenvalue weighted by atomic mass is 10.2. The average Bonchev–Trinajstić information content (AvgIpc) is 3.35. The Morgan fingerprint density at radius 2 is 1.96 bits per heavy atom. The number of hydrogen-bond donors (Lipinski definition) is 1. The summed E-state index contributed by atoms with van der Waals surface area (Å²) in [7, 11) is 1.61. The molecule has 27 heavy (non-hydrogen) atoms. The largest absolute Gasteiger partial charge is 0.481 e. The third kappa shape index (κ3) is 2.98. The van der Waals surface area contributed by atoms with Crippen molar-refractivity contribution in [2.75, 3.05) is 12.4 Å². The van der Waals surface area contributed by atoms with Crippen molar-refractivity contribution in [2.24, 2.45) is 0 Å².